The number of rotatable bonds is 6. The van der Waals surface area contributed by atoms with E-state index in [9.17, 15) is 0 Å². The average Bonchev–Trinajstić information content (AvgIpc) is 3.06. The van der Waals surface area contributed by atoms with Gasteiger partial charge in [-0.2, -0.15) is 0 Å². The molecule has 124 valence electrons. The number of aromatic nitrogens is 3. The number of ether oxygens (including phenoxy) is 1. The Balaban J connectivity index is 1.99. The monoisotopic (exact) mass is 322 g/mol. The van der Waals surface area contributed by atoms with Gasteiger partial charge in [-0.1, -0.05) is 24.3 Å². The first-order valence-corrected chi connectivity index (χ1v) is 7.97. The fourth-order valence-corrected chi connectivity index (χ4v) is 2.84. The van der Waals surface area contributed by atoms with Crippen LogP contribution >= 0.6 is 0 Å². The molecule has 3 aromatic rings. The summed E-state index contributed by atoms with van der Waals surface area (Å²) in [6.45, 7) is 2.13. The summed E-state index contributed by atoms with van der Waals surface area (Å²) in [7, 11) is 3.69. The molecule has 2 aromatic heterocycles. The average molecular weight is 322 g/mol. The summed E-state index contributed by atoms with van der Waals surface area (Å²) >= 11 is 0. The van der Waals surface area contributed by atoms with Gasteiger partial charge in [0.25, 0.3) is 0 Å². The third-order valence-corrected chi connectivity index (χ3v) is 4.17. The zero-order valence-corrected chi connectivity index (χ0v) is 14.2. The van der Waals surface area contributed by atoms with E-state index < -0.39 is 0 Å². The van der Waals surface area contributed by atoms with E-state index in [1.54, 1.807) is 13.3 Å². The van der Waals surface area contributed by atoms with E-state index >= 15 is 0 Å². The number of para-hydroxylation sites is 1. The van der Waals surface area contributed by atoms with Crippen LogP contribution in [-0.2, 0) is 7.05 Å². The van der Waals surface area contributed by atoms with Crippen LogP contribution in [0.25, 0.3) is 0 Å². The van der Waals surface area contributed by atoms with Crippen LogP contribution in [0.15, 0.2) is 61.2 Å². The van der Waals surface area contributed by atoms with Crippen LogP contribution in [0.2, 0.25) is 0 Å². The number of imidazole rings is 1. The summed E-state index contributed by atoms with van der Waals surface area (Å²) in [5, 5.41) is 3.66. The molecule has 1 aromatic carbocycles. The molecule has 3 rings (SSSR count). The highest BCUT2D eigenvalue weighted by Gasteiger charge is 2.23. The lowest BCUT2D eigenvalue weighted by molar-refractivity contribution is 0.396. The van der Waals surface area contributed by atoms with Crippen LogP contribution in [0.5, 0.6) is 5.75 Å². The number of nitrogens with one attached hydrogen (secondary N) is 1. The van der Waals surface area contributed by atoms with Crippen LogP contribution in [0, 0.1) is 0 Å². The smallest absolute Gasteiger partial charge is 0.130 e. The molecule has 0 fully saturated rings. The summed E-state index contributed by atoms with van der Waals surface area (Å²) in [6.07, 6.45) is 7.43. The summed E-state index contributed by atoms with van der Waals surface area (Å²) in [5.74, 6) is 1.78. The Kier molecular flexibility index (Phi) is 4.91. The molecule has 24 heavy (non-hydrogen) atoms. The van der Waals surface area contributed by atoms with Crippen molar-refractivity contribution >= 4 is 0 Å². The normalized spacial score (nSPS) is 13.5. The predicted octanol–water partition coefficient (Wildman–Crippen LogP) is 3.26. The number of methoxy groups -OCH3 is 1. The zero-order valence-electron chi connectivity index (χ0n) is 14.2. The minimum Gasteiger partial charge on any atom is -0.496 e. The second-order valence-electron chi connectivity index (χ2n) is 5.75. The van der Waals surface area contributed by atoms with Crippen molar-refractivity contribution in [2.75, 3.05) is 7.11 Å². The molecule has 1 N–H and O–H groups in total. The Morgan fingerprint density at radius 3 is 2.62 bits per heavy atom. The van der Waals surface area contributed by atoms with Crippen molar-refractivity contribution in [2.24, 2.45) is 7.05 Å². The van der Waals surface area contributed by atoms with Gasteiger partial charge in [0.05, 0.1) is 13.2 Å². The first-order valence-electron chi connectivity index (χ1n) is 7.97. The molecule has 2 atom stereocenters. The topological polar surface area (TPSA) is 52.0 Å². The largest absolute Gasteiger partial charge is 0.496 e. The van der Waals surface area contributed by atoms with Crippen molar-refractivity contribution in [3.63, 3.8) is 0 Å². The second-order valence-corrected chi connectivity index (χ2v) is 5.75. The highest BCUT2D eigenvalue weighted by molar-refractivity contribution is 5.39. The van der Waals surface area contributed by atoms with Crippen LogP contribution in [0.1, 0.15) is 36.0 Å². The second kappa shape index (κ2) is 7.27. The van der Waals surface area contributed by atoms with E-state index in [2.05, 4.69) is 34.3 Å². The van der Waals surface area contributed by atoms with Crippen molar-refractivity contribution in [2.45, 2.75) is 19.0 Å². The first kappa shape index (κ1) is 16.2. The Labute approximate surface area is 142 Å². The minimum absolute atomic E-state index is 0.0867. The van der Waals surface area contributed by atoms with E-state index in [4.69, 9.17) is 4.74 Å². The number of aryl methyl sites for hydroxylation is 1. The Morgan fingerprint density at radius 1 is 1.12 bits per heavy atom. The van der Waals surface area contributed by atoms with Crippen LogP contribution in [-0.4, -0.2) is 21.6 Å². The molecule has 0 aliphatic rings. The van der Waals surface area contributed by atoms with Gasteiger partial charge in [-0.3, -0.25) is 10.3 Å². The maximum Gasteiger partial charge on any atom is 0.130 e. The van der Waals surface area contributed by atoms with Crippen molar-refractivity contribution in [1.82, 2.24) is 19.9 Å². The third-order valence-electron chi connectivity index (χ3n) is 4.17. The van der Waals surface area contributed by atoms with Crippen molar-refractivity contribution < 1.29 is 4.74 Å². The van der Waals surface area contributed by atoms with E-state index in [1.807, 2.05) is 54.5 Å². The Bertz CT molecular complexity index is 785. The molecule has 0 saturated carbocycles. The highest BCUT2D eigenvalue weighted by Crippen LogP contribution is 2.31. The summed E-state index contributed by atoms with van der Waals surface area (Å²) < 4.78 is 7.59. The molecule has 2 heterocycles. The number of hydrogen-bond acceptors (Lipinski definition) is 4. The maximum atomic E-state index is 5.56. The molecule has 0 amide bonds. The molecule has 0 aliphatic heterocycles. The van der Waals surface area contributed by atoms with Gasteiger partial charge >= 0.3 is 0 Å². The summed E-state index contributed by atoms with van der Waals surface area (Å²) in [4.78, 5) is 8.76. The molecule has 0 aliphatic carbocycles. The lowest BCUT2D eigenvalue weighted by Gasteiger charge is -2.25. The van der Waals surface area contributed by atoms with Gasteiger partial charge in [-0.25, -0.2) is 4.98 Å². The molecule has 0 unspecified atom stereocenters. The van der Waals surface area contributed by atoms with Crippen LogP contribution in [0.4, 0.5) is 0 Å². The molecule has 5 nitrogen and oxygen atoms in total. The lowest BCUT2D eigenvalue weighted by Crippen LogP contribution is -2.28. The maximum absolute atomic E-state index is 5.56. The Morgan fingerprint density at radius 2 is 1.96 bits per heavy atom. The van der Waals surface area contributed by atoms with Gasteiger partial charge in [0, 0.05) is 43.4 Å². The fraction of sp³-hybridized carbons (Fsp3) is 0.263. The van der Waals surface area contributed by atoms with E-state index in [1.165, 1.54) is 0 Å². The van der Waals surface area contributed by atoms with Gasteiger partial charge in [0.15, 0.2) is 0 Å². The summed E-state index contributed by atoms with van der Waals surface area (Å²) in [5.41, 5.74) is 2.19. The third kappa shape index (κ3) is 3.31. The Hall–Kier alpha value is -2.66. The predicted molar refractivity (Wildman–Crippen MR) is 93.8 cm³/mol. The number of pyridine rings is 1. The highest BCUT2D eigenvalue weighted by atomic mass is 16.5. The quantitative estimate of drug-likeness (QED) is 0.757. The van der Waals surface area contributed by atoms with Crippen LogP contribution in [0.3, 0.4) is 0 Å². The van der Waals surface area contributed by atoms with Crippen molar-refractivity contribution in [3.8, 4) is 5.75 Å². The number of nitrogens with zero attached hydrogens (tertiary/aromatic N) is 3. The molecule has 0 saturated heterocycles. The van der Waals surface area contributed by atoms with Crippen LogP contribution < -0.4 is 10.1 Å². The molecular formula is C19H22N4O. The summed E-state index contributed by atoms with van der Waals surface area (Å²) in [6, 6.07) is 12.1. The minimum atomic E-state index is -0.0867. The zero-order chi connectivity index (χ0) is 16.9. The molecule has 0 spiro atoms. The van der Waals surface area contributed by atoms with Gasteiger partial charge < -0.3 is 9.30 Å². The van der Waals surface area contributed by atoms with Gasteiger partial charge in [-0.05, 0) is 24.6 Å². The van der Waals surface area contributed by atoms with Crippen molar-refractivity contribution in [3.05, 3.63) is 78.1 Å². The number of hydrogen-bond donors (Lipinski definition) is 1. The van der Waals surface area contributed by atoms with Gasteiger partial charge in [0.1, 0.15) is 11.6 Å². The SMILES string of the molecule is COc1ccccc1[C@@H](N[C@@H](C)c1cccnc1)c1nccn1C. The molecular weight excluding hydrogens is 300 g/mol. The number of benzene rings is 1. The lowest BCUT2D eigenvalue weighted by atomic mass is 10.0. The first-order chi connectivity index (χ1) is 11.7. The fourth-order valence-electron chi connectivity index (χ4n) is 2.84. The van der Waals surface area contributed by atoms with Gasteiger partial charge in [-0.15, -0.1) is 0 Å². The van der Waals surface area contributed by atoms with Gasteiger partial charge in [0.2, 0.25) is 0 Å². The molecule has 0 bridgehead atoms. The standard InChI is InChI=1S/C19H22N4O/c1-14(15-7-6-10-20-13-15)22-18(19-21-11-12-23(19)2)16-8-4-5-9-17(16)24-3/h4-14,18,22H,1-3H3/t14-,18+/m0/s1. The van der Waals surface area contributed by atoms with E-state index in [0.29, 0.717) is 0 Å². The van der Waals surface area contributed by atoms with Crippen molar-refractivity contribution in [1.29, 1.82) is 0 Å². The molecule has 0 radical (unpaired) electrons. The van der Waals surface area contributed by atoms with E-state index in [0.717, 1.165) is 22.7 Å². The van der Waals surface area contributed by atoms with E-state index in [-0.39, 0.29) is 12.1 Å². The molecule has 5 heteroatoms.